The summed E-state index contributed by atoms with van der Waals surface area (Å²) in [7, 11) is 0. The van der Waals surface area contributed by atoms with Crippen LogP contribution in [0.25, 0.3) is 0 Å². The predicted octanol–water partition coefficient (Wildman–Crippen LogP) is 2.35. The van der Waals surface area contributed by atoms with Gasteiger partial charge in [0.2, 0.25) is 5.91 Å². The van der Waals surface area contributed by atoms with Gasteiger partial charge in [-0.25, -0.2) is 4.68 Å². The predicted molar refractivity (Wildman–Crippen MR) is 84.0 cm³/mol. The van der Waals surface area contributed by atoms with E-state index >= 15 is 0 Å². The second kappa shape index (κ2) is 6.09. The normalized spacial score (nSPS) is 10.6. The van der Waals surface area contributed by atoms with E-state index in [-0.39, 0.29) is 18.2 Å². The Kier molecular flexibility index (Phi) is 4.40. The minimum Gasteiger partial charge on any atom is -0.324 e. The van der Waals surface area contributed by atoms with E-state index < -0.39 is 0 Å². The highest BCUT2D eigenvalue weighted by Gasteiger charge is 2.15. The lowest BCUT2D eigenvalue weighted by molar-refractivity contribution is -0.117. The molecule has 0 aliphatic carbocycles. The van der Waals surface area contributed by atoms with Gasteiger partial charge in [0.05, 0.1) is 5.69 Å². The van der Waals surface area contributed by atoms with Gasteiger partial charge in [-0.05, 0) is 38.8 Å². The number of anilines is 1. The van der Waals surface area contributed by atoms with Gasteiger partial charge in [0.1, 0.15) is 6.54 Å². The van der Waals surface area contributed by atoms with Crippen LogP contribution in [0.3, 0.4) is 0 Å². The summed E-state index contributed by atoms with van der Waals surface area (Å²) in [5, 5.41) is 10.6. The van der Waals surface area contributed by atoms with Crippen molar-refractivity contribution in [1.29, 1.82) is 0 Å². The molecule has 0 saturated heterocycles. The van der Waals surface area contributed by atoms with Crippen molar-refractivity contribution in [2.24, 2.45) is 0 Å². The summed E-state index contributed by atoms with van der Waals surface area (Å²) in [4.78, 5) is 23.6. The van der Waals surface area contributed by atoms with E-state index in [1.54, 1.807) is 6.92 Å². The number of nitrogens with zero attached hydrogens (tertiary/aromatic N) is 3. The van der Waals surface area contributed by atoms with Gasteiger partial charge in [0.25, 0.3) is 0 Å². The maximum atomic E-state index is 12.2. The number of carbonyl (C=O) groups is 2. The summed E-state index contributed by atoms with van der Waals surface area (Å²) >= 11 is 0. The Morgan fingerprint density at radius 1 is 1.14 bits per heavy atom. The zero-order chi connectivity index (χ0) is 16.4. The molecule has 1 N–H and O–H groups in total. The number of rotatable bonds is 4. The first-order chi connectivity index (χ1) is 10.3. The van der Waals surface area contributed by atoms with Gasteiger partial charge in [-0.1, -0.05) is 22.9 Å². The zero-order valence-electron chi connectivity index (χ0n) is 13.5. The van der Waals surface area contributed by atoms with Crippen LogP contribution in [0, 0.1) is 27.7 Å². The summed E-state index contributed by atoms with van der Waals surface area (Å²) in [5.74, 6) is -0.354. The van der Waals surface area contributed by atoms with E-state index in [4.69, 9.17) is 0 Å². The maximum Gasteiger partial charge on any atom is 0.246 e. The number of hydrogen-bond acceptors (Lipinski definition) is 4. The fourth-order valence-corrected chi connectivity index (χ4v) is 2.53. The van der Waals surface area contributed by atoms with E-state index in [2.05, 4.69) is 15.6 Å². The number of aryl methyl sites for hydroxylation is 3. The maximum absolute atomic E-state index is 12.2. The fraction of sp³-hybridized carbons (Fsp3) is 0.375. The van der Waals surface area contributed by atoms with Crippen LogP contribution in [0.4, 0.5) is 5.69 Å². The molecule has 0 atom stereocenters. The first-order valence-corrected chi connectivity index (χ1v) is 7.08. The van der Waals surface area contributed by atoms with Crippen LogP contribution in [0.1, 0.15) is 39.8 Å². The van der Waals surface area contributed by atoms with Crippen LogP contribution in [-0.2, 0) is 11.3 Å². The van der Waals surface area contributed by atoms with Crippen molar-refractivity contribution in [3.8, 4) is 0 Å². The first-order valence-electron chi connectivity index (χ1n) is 7.08. The Morgan fingerprint density at radius 2 is 1.73 bits per heavy atom. The largest absolute Gasteiger partial charge is 0.324 e. The van der Waals surface area contributed by atoms with Gasteiger partial charge in [0, 0.05) is 12.6 Å². The third-order valence-electron chi connectivity index (χ3n) is 3.55. The SMILES string of the molecule is CC(=O)c1nnn(CC(=O)Nc2c(C)cc(C)cc2C)c1C. The highest BCUT2D eigenvalue weighted by molar-refractivity contribution is 5.94. The van der Waals surface area contributed by atoms with Gasteiger partial charge in [0.15, 0.2) is 11.5 Å². The van der Waals surface area contributed by atoms with Crippen LogP contribution in [0.15, 0.2) is 12.1 Å². The molecule has 0 radical (unpaired) electrons. The number of ketones is 1. The Morgan fingerprint density at radius 3 is 2.23 bits per heavy atom. The Bertz CT molecular complexity index is 724. The van der Waals surface area contributed by atoms with Crippen LogP contribution >= 0.6 is 0 Å². The molecular weight excluding hydrogens is 280 g/mol. The number of carbonyl (C=O) groups excluding carboxylic acids is 2. The van der Waals surface area contributed by atoms with Gasteiger partial charge in [-0.3, -0.25) is 9.59 Å². The van der Waals surface area contributed by atoms with E-state index in [0.717, 1.165) is 22.4 Å². The molecule has 1 aromatic carbocycles. The molecule has 2 rings (SSSR count). The molecule has 0 saturated carbocycles. The standard InChI is InChI=1S/C16H20N4O2/c1-9-6-10(2)15(11(3)7-9)17-14(22)8-20-12(4)16(13(5)21)18-19-20/h6-7H,8H2,1-5H3,(H,17,22). The number of aromatic nitrogens is 3. The number of nitrogens with one attached hydrogen (secondary N) is 1. The molecule has 116 valence electrons. The van der Waals surface area contributed by atoms with Crippen LogP contribution in [0.5, 0.6) is 0 Å². The van der Waals surface area contributed by atoms with E-state index in [1.165, 1.54) is 11.6 Å². The molecule has 0 bridgehead atoms. The van der Waals surface area contributed by atoms with Crippen molar-refractivity contribution in [3.63, 3.8) is 0 Å². The molecule has 6 nitrogen and oxygen atoms in total. The molecule has 0 fully saturated rings. The molecule has 1 amide bonds. The van der Waals surface area contributed by atoms with Gasteiger partial charge < -0.3 is 5.32 Å². The molecule has 6 heteroatoms. The highest BCUT2D eigenvalue weighted by atomic mass is 16.2. The molecule has 0 aliphatic rings. The van der Waals surface area contributed by atoms with Crippen molar-refractivity contribution >= 4 is 17.4 Å². The molecule has 2 aromatic rings. The van der Waals surface area contributed by atoms with Crippen LogP contribution < -0.4 is 5.32 Å². The minimum absolute atomic E-state index is 0.0267. The number of amides is 1. The van der Waals surface area contributed by atoms with Gasteiger partial charge in [-0.15, -0.1) is 5.10 Å². The van der Waals surface area contributed by atoms with E-state index in [0.29, 0.717) is 11.4 Å². The molecule has 0 unspecified atom stereocenters. The van der Waals surface area contributed by atoms with Crippen LogP contribution in [0.2, 0.25) is 0 Å². The summed E-state index contributed by atoms with van der Waals surface area (Å²) in [6.45, 7) is 9.13. The van der Waals surface area contributed by atoms with Crippen molar-refractivity contribution in [1.82, 2.24) is 15.0 Å². The third kappa shape index (κ3) is 3.21. The van der Waals surface area contributed by atoms with Crippen molar-refractivity contribution in [3.05, 3.63) is 40.2 Å². The molecule has 22 heavy (non-hydrogen) atoms. The van der Waals surface area contributed by atoms with Gasteiger partial charge in [-0.2, -0.15) is 0 Å². The summed E-state index contributed by atoms with van der Waals surface area (Å²) < 4.78 is 1.44. The average Bonchev–Trinajstić information content (AvgIpc) is 2.75. The lowest BCUT2D eigenvalue weighted by atomic mass is 10.1. The lowest BCUT2D eigenvalue weighted by Crippen LogP contribution is -2.21. The lowest BCUT2D eigenvalue weighted by Gasteiger charge is -2.13. The topological polar surface area (TPSA) is 76.9 Å². The molecule has 1 heterocycles. The minimum atomic E-state index is -0.196. The summed E-state index contributed by atoms with van der Waals surface area (Å²) in [5.41, 5.74) is 4.91. The monoisotopic (exact) mass is 300 g/mol. The van der Waals surface area contributed by atoms with Gasteiger partial charge >= 0.3 is 0 Å². The van der Waals surface area contributed by atoms with Crippen molar-refractivity contribution in [2.75, 3.05) is 5.32 Å². The van der Waals surface area contributed by atoms with E-state index in [1.807, 2.05) is 32.9 Å². The average molecular weight is 300 g/mol. The summed E-state index contributed by atoms with van der Waals surface area (Å²) in [6, 6.07) is 4.05. The Hall–Kier alpha value is -2.50. The quantitative estimate of drug-likeness (QED) is 0.879. The number of benzene rings is 1. The molecule has 0 aliphatic heterocycles. The molecule has 1 aromatic heterocycles. The number of hydrogen-bond donors (Lipinski definition) is 1. The highest BCUT2D eigenvalue weighted by Crippen LogP contribution is 2.21. The fourth-order valence-electron chi connectivity index (χ4n) is 2.53. The molecule has 0 spiro atoms. The van der Waals surface area contributed by atoms with Crippen LogP contribution in [-0.4, -0.2) is 26.7 Å². The second-order valence-electron chi connectivity index (χ2n) is 5.56. The van der Waals surface area contributed by atoms with E-state index in [9.17, 15) is 9.59 Å². The number of Topliss-reactive ketones (excluding diaryl/α,β-unsaturated/α-hetero) is 1. The smallest absolute Gasteiger partial charge is 0.246 e. The first kappa shape index (κ1) is 15.9. The third-order valence-corrected chi connectivity index (χ3v) is 3.55. The Labute approximate surface area is 129 Å². The van der Waals surface area contributed by atoms with Crippen molar-refractivity contribution < 1.29 is 9.59 Å². The second-order valence-corrected chi connectivity index (χ2v) is 5.56. The summed E-state index contributed by atoms with van der Waals surface area (Å²) in [6.07, 6.45) is 0. The molecular formula is C16H20N4O2. The zero-order valence-corrected chi connectivity index (χ0v) is 13.5. The Balaban J connectivity index is 2.16. The van der Waals surface area contributed by atoms with Crippen molar-refractivity contribution in [2.45, 2.75) is 41.2 Å².